The lowest BCUT2D eigenvalue weighted by Gasteiger charge is -2.14. The van der Waals surface area contributed by atoms with Crippen LogP contribution >= 0.6 is 11.8 Å². The van der Waals surface area contributed by atoms with Gasteiger partial charge in [0.05, 0.1) is 22.6 Å². The highest BCUT2D eigenvalue weighted by Crippen LogP contribution is 2.35. The molecule has 2 amide bonds. The minimum Gasteiger partial charge on any atom is -0.495 e. The highest BCUT2D eigenvalue weighted by Gasteiger charge is 2.34. The molecule has 0 radical (unpaired) electrons. The number of carbonyl (C=O) groups is 2. The molecule has 0 saturated carbocycles. The van der Waals surface area contributed by atoms with E-state index in [4.69, 9.17) is 9.47 Å². The number of nitrogens with zero attached hydrogens (tertiary/aromatic N) is 3. The first kappa shape index (κ1) is 22.6. The Labute approximate surface area is 183 Å². The average molecular weight is 445 g/mol. The largest absolute Gasteiger partial charge is 0.495 e. The summed E-state index contributed by atoms with van der Waals surface area (Å²) in [5.74, 6) is 0.154. The number of hydrogen-bond acceptors (Lipinski definition) is 7. The molecule has 2 heterocycles. The number of hydrogen-bond donors (Lipinski definition) is 0. The summed E-state index contributed by atoms with van der Waals surface area (Å²) in [6.07, 6.45) is 2.26. The Hall–Kier alpha value is -3.11. The Morgan fingerprint density at radius 2 is 1.94 bits per heavy atom. The third-order valence-corrected chi connectivity index (χ3v) is 5.88. The smallest absolute Gasteiger partial charge is 0.293 e. The predicted molar refractivity (Wildman–Crippen MR) is 118 cm³/mol. The Morgan fingerprint density at radius 3 is 2.58 bits per heavy atom. The molecule has 0 unspecified atom stereocenters. The first-order valence-electron chi connectivity index (χ1n) is 9.54. The number of rotatable bonds is 8. The van der Waals surface area contributed by atoms with Crippen LogP contribution in [0, 0.1) is 24.0 Å². The van der Waals surface area contributed by atoms with Crippen LogP contribution in [0.1, 0.15) is 23.4 Å². The number of nitro benzene ring substituents is 1. The molecule has 10 heteroatoms. The fourth-order valence-corrected chi connectivity index (χ4v) is 4.33. The molecule has 1 aliphatic heterocycles. The molecule has 0 bridgehead atoms. The first-order chi connectivity index (χ1) is 14.8. The zero-order chi connectivity index (χ0) is 22.7. The summed E-state index contributed by atoms with van der Waals surface area (Å²) in [5, 5.41) is 10.9. The van der Waals surface area contributed by atoms with Gasteiger partial charge < -0.3 is 14.0 Å². The Bertz CT molecular complexity index is 1080. The van der Waals surface area contributed by atoms with Crippen LogP contribution in [0.3, 0.4) is 0 Å². The van der Waals surface area contributed by atoms with Crippen molar-refractivity contribution >= 4 is 34.7 Å². The second kappa shape index (κ2) is 9.36. The number of thioether (sulfide) groups is 1. The molecule has 9 nitrogen and oxygen atoms in total. The third-order valence-electron chi connectivity index (χ3n) is 4.97. The molecule has 1 saturated heterocycles. The predicted octanol–water partition coefficient (Wildman–Crippen LogP) is 4.08. The Kier molecular flexibility index (Phi) is 6.81. The molecule has 0 atom stereocenters. The van der Waals surface area contributed by atoms with E-state index in [0.717, 1.165) is 28.7 Å². The summed E-state index contributed by atoms with van der Waals surface area (Å²) in [6, 6.07) is 6.26. The molecule has 0 N–H and O–H groups in total. The van der Waals surface area contributed by atoms with Crippen LogP contribution in [0.15, 0.2) is 29.2 Å². The summed E-state index contributed by atoms with van der Waals surface area (Å²) in [4.78, 5) is 37.3. The Balaban J connectivity index is 1.98. The van der Waals surface area contributed by atoms with Crippen molar-refractivity contribution in [2.24, 2.45) is 0 Å². The lowest BCUT2D eigenvalue weighted by Crippen LogP contribution is -2.29. The maximum atomic E-state index is 12.7. The molecular weight excluding hydrogens is 422 g/mol. The van der Waals surface area contributed by atoms with Gasteiger partial charge in [0.15, 0.2) is 0 Å². The van der Waals surface area contributed by atoms with Crippen molar-refractivity contribution in [3.8, 4) is 11.4 Å². The van der Waals surface area contributed by atoms with Crippen LogP contribution in [0.2, 0.25) is 0 Å². The van der Waals surface area contributed by atoms with Gasteiger partial charge in [-0.1, -0.05) is 0 Å². The standard InChI is InChI=1S/C21H23N3O6S/c1-13-10-15(11-19-20(25)22(21(26)31-19)8-5-9-29-3)14(2)23(13)17-12-16(24(27)28)6-7-18(17)30-4/h6-7,10-12H,5,8-9H2,1-4H3/b19-11+. The summed E-state index contributed by atoms with van der Waals surface area (Å²) in [6.45, 7) is 4.48. The second-order valence-electron chi connectivity index (χ2n) is 6.95. The fourth-order valence-electron chi connectivity index (χ4n) is 3.47. The van der Waals surface area contributed by atoms with Crippen LogP contribution in [0.25, 0.3) is 11.8 Å². The maximum Gasteiger partial charge on any atom is 0.293 e. The number of methoxy groups -OCH3 is 2. The molecule has 0 aliphatic carbocycles. The molecule has 1 fully saturated rings. The van der Waals surface area contributed by atoms with Gasteiger partial charge in [-0.2, -0.15) is 0 Å². The van der Waals surface area contributed by atoms with E-state index in [1.165, 1.54) is 24.1 Å². The van der Waals surface area contributed by atoms with Crippen molar-refractivity contribution in [1.82, 2.24) is 9.47 Å². The van der Waals surface area contributed by atoms with Crippen molar-refractivity contribution in [3.05, 3.63) is 56.2 Å². The number of nitro groups is 1. The van der Waals surface area contributed by atoms with Crippen molar-refractivity contribution < 1.29 is 24.0 Å². The van der Waals surface area contributed by atoms with Gasteiger partial charge in [-0.3, -0.25) is 24.6 Å². The van der Waals surface area contributed by atoms with Crippen LogP contribution in [0.4, 0.5) is 10.5 Å². The van der Waals surface area contributed by atoms with E-state index in [-0.39, 0.29) is 16.8 Å². The number of carbonyl (C=O) groups excluding carboxylic acids is 2. The Morgan fingerprint density at radius 1 is 1.19 bits per heavy atom. The van der Waals surface area contributed by atoms with E-state index in [0.29, 0.717) is 35.9 Å². The number of imide groups is 1. The van der Waals surface area contributed by atoms with E-state index in [9.17, 15) is 19.7 Å². The van der Waals surface area contributed by atoms with E-state index >= 15 is 0 Å². The van der Waals surface area contributed by atoms with Crippen molar-refractivity contribution in [2.45, 2.75) is 20.3 Å². The zero-order valence-electron chi connectivity index (χ0n) is 17.7. The third kappa shape index (κ3) is 4.49. The monoisotopic (exact) mass is 445 g/mol. The van der Waals surface area contributed by atoms with Crippen LogP contribution in [0.5, 0.6) is 5.75 Å². The van der Waals surface area contributed by atoms with Crippen LogP contribution in [-0.2, 0) is 9.53 Å². The number of benzene rings is 1. The molecule has 164 valence electrons. The molecular formula is C21H23N3O6S. The minimum atomic E-state index is -0.461. The number of aryl methyl sites for hydroxylation is 1. The first-order valence-corrected chi connectivity index (χ1v) is 10.4. The molecule has 1 aliphatic rings. The highest BCUT2D eigenvalue weighted by atomic mass is 32.2. The maximum absolute atomic E-state index is 12.7. The van der Waals surface area contributed by atoms with Crippen molar-refractivity contribution in [1.29, 1.82) is 0 Å². The van der Waals surface area contributed by atoms with Gasteiger partial charge in [0.2, 0.25) is 0 Å². The van der Waals surface area contributed by atoms with Gasteiger partial charge >= 0.3 is 0 Å². The fraction of sp³-hybridized carbons (Fsp3) is 0.333. The SMILES string of the molecule is COCCCN1C(=O)S/C(=C/c2cc(C)n(-c3cc([N+](=O)[O-])ccc3OC)c2C)C1=O. The van der Waals surface area contributed by atoms with Crippen LogP contribution in [-0.4, -0.2) is 52.9 Å². The average Bonchev–Trinajstić information content (AvgIpc) is 3.16. The summed E-state index contributed by atoms with van der Waals surface area (Å²) >= 11 is 0.903. The highest BCUT2D eigenvalue weighted by molar-refractivity contribution is 8.18. The van der Waals surface area contributed by atoms with Gasteiger partial charge in [-0.05, 0) is 55.8 Å². The lowest BCUT2D eigenvalue weighted by molar-refractivity contribution is -0.384. The summed E-state index contributed by atoms with van der Waals surface area (Å²) in [5.41, 5.74) is 2.79. The zero-order valence-corrected chi connectivity index (χ0v) is 18.5. The topological polar surface area (TPSA) is 104 Å². The number of aromatic nitrogens is 1. The molecule has 1 aromatic heterocycles. The number of amides is 2. The molecule has 3 rings (SSSR count). The van der Waals surface area contributed by atoms with Gasteiger partial charge in [-0.15, -0.1) is 0 Å². The van der Waals surface area contributed by atoms with Crippen molar-refractivity contribution in [2.75, 3.05) is 27.4 Å². The molecule has 2 aromatic rings. The molecule has 1 aromatic carbocycles. The number of ether oxygens (including phenoxy) is 2. The minimum absolute atomic E-state index is 0.0537. The van der Waals surface area contributed by atoms with Gasteiger partial charge in [0.1, 0.15) is 5.75 Å². The molecule has 0 spiro atoms. The van der Waals surface area contributed by atoms with Gasteiger partial charge in [-0.25, -0.2) is 0 Å². The molecule has 31 heavy (non-hydrogen) atoms. The quantitative estimate of drug-likeness (QED) is 0.261. The summed E-state index contributed by atoms with van der Waals surface area (Å²) < 4.78 is 12.2. The van der Waals surface area contributed by atoms with Crippen molar-refractivity contribution in [3.63, 3.8) is 0 Å². The van der Waals surface area contributed by atoms with E-state index < -0.39 is 4.92 Å². The van der Waals surface area contributed by atoms with E-state index in [1.54, 1.807) is 19.3 Å². The van der Waals surface area contributed by atoms with E-state index in [2.05, 4.69) is 0 Å². The van der Waals surface area contributed by atoms with Gasteiger partial charge in [0.25, 0.3) is 16.8 Å². The van der Waals surface area contributed by atoms with Crippen LogP contribution < -0.4 is 4.74 Å². The summed E-state index contributed by atoms with van der Waals surface area (Å²) in [7, 11) is 3.07. The normalized spacial score (nSPS) is 15.2. The second-order valence-corrected chi connectivity index (χ2v) is 7.95. The lowest BCUT2D eigenvalue weighted by atomic mass is 10.2. The van der Waals surface area contributed by atoms with Gasteiger partial charge in [0, 0.05) is 43.8 Å². The number of non-ortho nitro benzene ring substituents is 1. The van der Waals surface area contributed by atoms with E-state index in [1.807, 2.05) is 24.5 Å².